The molecule has 2 atom stereocenters. The molecule has 0 fully saturated rings. The van der Waals surface area contributed by atoms with Crippen LogP contribution < -0.4 is 32.7 Å². The summed E-state index contributed by atoms with van der Waals surface area (Å²) in [5.74, 6) is -0.760. The van der Waals surface area contributed by atoms with Gasteiger partial charge in [0.15, 0.2) is 10.2 Å². The van der Waals surface area contributed by atoms with Crippen LogP contribution in [-0.2, 0) is 0 Å². The Balaban J connectivity index is 1.41. The molecule has 0 saturated carbocycles. The standard InChI is InChI=1S/C28H24Cl2N6O2S2/c29-21-15-19(11-13-27(21,31)35-25(39)33-23(37)17-7-3-1-4-8-17)20-12-14-28(32,22(30)16-20)36-26(40)34-24(38)18-9-5-2-6-10-18/h1-16H,31-32H2,(H2,33,35,37,39)(H2,34,36,38,40)/b20-19-. The number of carbonyl (C=O) groups is 2. The number of nitrogens with one attached hydrogen (secondary N) is 4. The van der Waals surface area contributed by atoms with Crippen LogP contribution in [0.4, 0.5) is 0 Å². The molecule has 0 aliphatic heterocycles. The molecule has 0 aromatic heterocycles. The molecule has 8 nitrogen and oxygen atoms in total. The van der Waals surface area contributed by atoms with Gasteiger partial charge in [-0.3, -0.25) is 20.2 Å². The van der Waals surface area contributed by atoms with Crippen LogP contribution in [0.3, 0.4) is 0 Å². The van der Waals surface area contributed by atoms with E-state index in [1.807, 2.05) is 0 Å². The normalized spacial score (nSPS) is 23.4. The maximum Gasteiger partial charge on any atom is 0.257 e. The molecule has 204 valence electrons. The van der Waals surface area contributed by atoms with Gasteiger partial charge in [0.25, 0.3) is 11.8 Å². The molecule has 40 heavy (non-hydrogen) atoms. The minimum atomic E-state index is -1.35. The summed E-state index contributed by atoms with van der Waals surface area (Å²) in [6.07, 6.45) is 10.0. The van der Waals surface area contributed by atoms with Crippen molar-refractivity contribution in [2.45, 2.75) is 11.3 Å². The molecular weight excluding hydrogens is 587 g/mol. The third-order valence-electron chi connectivity index (χ3n) is 5.91. The van der Waals surface area contributed by atoms with Crippen molar-refractivity contribution in [1.82, 2.24) is 21.3 Å². The number of thiocarbonyl (C=S) groups is 2. The van der Waals surface area contributed by atoms with Gasteiger partial charge in [0, 0.05) is 11.1 Å². The van der Waals surface area contributed by atoms with E-state index in [2.05, 4.69) is 21.3 Å². The Hall–Kier alpha value is -3.64. The van der Waals surface area contributed by atoms with E-state index in [1.165, 1.54) is 0 Å². The van der Waals surface area contributed by atoms with Gasteiger partial charge in [-0.1, -0.05) is 71.8 Å². The highest BCUT2D eigenvalue weighted by Crippen LogP contribution is 2.32. The summed E-state index contributed by atoms with van der Waals surface area (Å²) in [7, 11) is 0. The number of nitrogens with two attached hydrogens (primary N) is 2. The summed E-state index contributed by atoms with van der Waals surface area (Å²) >= 11 is 23.6. The average molecular weight is 612 g/mol. The monoisotopic (exact) mass is 610 g/mol. The van der Waals surface area contributed by atoms with Crippen molar-refractivity contribution in [3.8, 4) is 0 Å². The molecule has 2 aliphatic rings. The quantitative estimate of drug-likeness (QED) is 0.228. The molecule has 8 N–H and O–H groups in total. The van der Waals surface area contributed by atoms with Gasteiger partial charge in [-0.2, -0.15) is 0 Å². The Morgan fingerprint density at radius 1 is 0.650 bits per heavy atom. The fraction of sp³-hybridized carbons (Fsp3) is 0.0714. The lowest BCUT2D eigenvalue weighted by molar-refractivity contribution is 0.0968. The lowest BCUT2D eigenvalue weighted by atomic mass is 9.93. The summed E-state index contributed by atoms with van der Waals surface area (Å²) in [6.45, 7) is 0. The molecule has 2 aliphatic carbocycles. The minimum absolute atomic E-state index is 0.0125. The molecule has 4 rings (SSSR count). The predicted molar refractivity (Wildman–Crippen MR) is 166 cm³/mol. The van der Waals surface area contributed by atoms with Gasteiger partial charge in [0.05, 0.1) is 10.1 Å². The van der Waals surface area contributed by atoms with E-state index in [9.17, 15) is 9.59 Å². The zero-order chi connectivity index (χ0) is 28.9. The van der Waals surface area contributed by atoms with E-state index < -0.39 is 11.3 Å². The SMILES string of the molecule is NC1(NC(=S)NC(=O)c2ccccc2)C=C/C(=C2\C=CC(N)(NC(=S)NC(=O)c3ccccc3)C(Cl)=C2)C=C1Cl. The molecule has 2 amide bonds. The zero-order valence-corrected chi connectivity index (χ0v) is 23.9. The lowest BCUT2D eigenvalue weighted by Crippen LogP contribution is -2.59. The van der Waals surface area contributed by atoms with E-state index in [0.29, 0.717) is 22.3 Å². The van der Waals surface area contributed by atoms with Crippen LogP contribution >= 0.6 is 47.6 Å². The van der Waals surface area contributed by atoms with Crippen LogP contribution in [0.1, 0.15) is 20.7 Å². The number of halogens is 2. The summed E-state index contributed by atoms with van der Waals surface area (Å²) in [5, 5.41) is 11.4. The third-order valence-corrected chi connectivity index (χ3v) is 7.16. The molecule has 0 bridgehead atoms. The maximum absolute atomic E-state index is 12.4. The first kappa shape index (κ1) is 29.3. The highest BCUT2D eigenvalue weighted by molar-refractivity contribution is 7.80. The Labute approximate surface area is 251 Å². The Morgan fingerprint density at radius 2 is 1.00 bits per heavy atom. The molecule has 2 aromatic rings. The van der Waals surface area contributed by atoms with Gasteiger partial charge in [-0.05, 0) is 84.2 Å². The van der Waals surface area contributed by atoms with Gasteiger partial charge in [-0.25, -0.2) is 0 Å². The number of rotatable bonds is 4. The molecule has 0 heterocycles. The second-order valence-corrected chi connectivity index (χ2v) is 10.5. The van der Waals surface area contributed by atoms with Crippen molar-refractivity contribution in [2.75, 3.05) is 0 Å². The first-order valence-corrected chi connectivity index (χ1v) is 13.4. The van der Waals surface area contributed by atoms with Crippen LogP contribution in [0.5, 0.6) is 0 Å². The van der Waals surface area contributed by atoms with Crippen molar-refractivity contribution in [1.29, 1.82) is 0 Å². The molecule has 12 heteroatoms. The number of carbonyl (C=O) groups excluding carboxylic acids is 2. The molecule has 2 aromatic carbocycles. The highest BCUT2D eigenvalue weighted by Gasteiger charge is 2.32. The predicted octanol–water partition coefficient (Wildman–Crippen LogP) is 3.59. The maximum atomic E-state index is 12.4. The molecule has 0 spiro atoms. The van der Waals surface area contributed by atoms with Crippen LogP contribution in [0, 0.1) is 0 Å². The van der Waals surface area contributed by atoms with Crippen LogP contribution in [-0.4, -0.2) is 33.4 Å². The Morgan fingerprint density at radius 3 is 1.32 bits per heavy atom. The van der Waals surface area contributed by atoms with Crippen molar-refractivity contribution in [2.24, 2.45) is 11.5 Å². The first-order valence-electron chi connectivity index (χ1n) is 11.8. The number of hydrogen-bond donors (Lipinski definition) is 6. The number of allylic oxidation sites excluding steroid dienone is 6. The Kier molecular flexibility index (Phi) is 8.99. The van der Waals surface area contributed by atoms with E-state index in [4.69, 9.17) is 59.1 Å². The second kappa shape index (κ2) is 12.3. The van der Waals surface area contributed by atoms with Gasteiger partial charge in [0.2, 0.25) is 0 Å². The number of benzene rings is 2. The van der Waals surface area contributed by atoms with Crippen molar-refractivity contribution < 1.29 is 9.59 Å². The van der Waals surface area contributed by atoms with Crippen molar-refractivity contribution >= 4 is 69.7 Å². The number of amides is 2. The van der Waals surface area contributed by atoms with Gasteiger partial charge in [0.1, 0.15) is 11.3 Å². The van der Waals surface area contributed by atoms with Crippen LogP contribution in [0.2, 0.25) is 0 Å². The smallest absolute Gasteiger partial charge is 0.257 e. The van der Waals surface area contributed by atoms with Gasteiger partial charge < -0.3 is 22.1 Å². The first-order chi connectivity index (χ1) is 19.0. The van der Waals surface area contributed by atoms with Crippen LogP contribution in [0.15, 0.2) is 118 Å². The van der Waals surface area contributed by atoms with Crippen molar-refractivity contribution in [3.63, 3.8) is 0 Å². The molecule has 0 radical (unpaired) electrons. The summed E-state index contributed by atoms with van der Waals surface area (Å²) in [4.78, 5) is 24.8. The van der Waals surface area contributed by atoms with Crippen LogP contribution in [0.25, 0.3) is 0 Å². The van der Waals surface area contributed by atoms with E-state index >= 15 is 0 Å². The molecule has 2 unspecified atom stereocenters. The minimum Gasteiger partial charge on any atom is -0.337 e. The topological polar surface area (TPSA) is 134 Å². The van der Waals surface area contributed by atoms with E-state index in [-0.39, 0.29) is 32.1 Å². The highest BCUT2D eigenvalue weighted by atomic mass is 35.5. The largest absolute Gasteiger partial charge is 0.337 e. The fourth-order valence-electron chi connectivity index (χ4n) is 3.74. The average Bonchev–Trinajstić information content (AvgIpc) is 2.92. The van der Waals surface area contributed by atoms with E-state index in [0.717, 1.165) is 0 Å². The van der Waals surface area contributed by atoms with E-state index in [1.54, 1.807) is 97.1 Å². The van der Waals surface area contributed by atoms with Gasteiger partial charge in [-0.15, -0.1) is 0 Å². The van der Waals surface area contributed by atoms with Crippen molar-refractivity contribution in [3.05, 3.63) is 129 Å². The zero-order valence-electron chi connectivity index (χ0n) is 20.8. The van der Waals surface area contributed by atoms with Gasteiger partial charge >= 0.3 is 0 Å². The summed E-state index contributed by atoms with van der Waals surface area (Å²) < 4.78 is 0. The molecular formula is C28H24Cl2N6O2S2. The summed E-state index contributed by atoms with van der Waals surface area (Å²) in [5.41, 5.74) is 12.4. The summed E-state index contributed by atoms with van der Waals surface area (Å²) in [6, 6.07) is 17.3. The fourth-order valence-corrected chi connectivity index (χ4v) is 4.72. The Bertz CT molecular complexity index is 1410. The number of hydrogen-bond acceptors (Lipinski definition) is 6. The lowest BCUT2D eigenvalue weighted by Gasteiger charge is -2.32. The second-order valence-electron chi connectivity index (χ2n) is 8.85. The third kappa shape index (κ3) is 6.92. The molecule has 0 saturated heterocycles.